The van der Waals surface area contributed by atoms with Gasteiger partial charge in [0.1, 0.15) is 4.99 Å². The number of benzene rings is 1. The topological polar surface area (TPSA) is 46.3 Å². The minimum Gasteiger partial charge on any atom is -0.389 e. The Morgan fingerprint density at radius 3 is 2.90 bits per heavy atom. The van der Waals surface area contributed by atoms with Crippen LogP contribution in [0.1, 0.15) is 26.4 Å². The number of hydrogen-bond donors (Lipinski definition) is 1. The second-order valence-corrected chi connectivity index (χ2v) is 6.23. The molecule has 0 atom stereocenters. The van der Waals surface area contributed by atoms with E-state index in [4.69, 9.17) is 18.0 Å². The molecular weight excluding hydrogens is 288 g/mol. The van der Waals surface area contributed by atoms with Crippen LogP contribution in [0.15, 0.2) is 35.7 Å². The number of carbonyl (C=O) groups excluding carboxylic acids is 1. The van der Waals surface area contributed by atoms with Crippen LogP contribution in [-0.4, -0.2) is 22.3 Å². The molecule has 2 heterocycles. The van der Waals surface area contributed by atoms with Crippen molar-refractivity contribution in [1.29, 1.82) is 0 Å². The molecule has 1 amide bonds. The van der Waals surface area contributed by atoms with Crippen molar-refractivity contribution < 1.29 is 4.79 Å². The summed E-state index contributed by atoms with van der Waals surface area (Å²) in [6.45, 7) is 1.46. The van der Waals surface area contributed by atoms with Gasteiger partial charge in [0.25, 0.3) is 5.91 Å². The summed E-state index contributed by atoms with van der Waals surface area (Å²) in [6.07, 6.45) is 0.938. The molecule has 3 nitrogen and oxygen atoms in total. The van der Waals surface area contributed by atoms with Crippen molar-refractivity contribution in [1.82, 2.24) is 4.90 Å². The van der Waals surface area contributed by atoms with Gasteiger partial charge in [0.05, 0.1) is 0 Å². The Hall–Kier alpha value is -1.72. The summed E-state index contributed by atoms with van der Waals surface area (Å²) in [4.78, 5) is 16.1. The maximum Gasteiger partial charge on any atom is 0.254 e. The summed E-state index contributed by atoms with van der Waals surface area (Å²) in [5.41, 5.74) is 8.26. The summed E-state index contributed by atoms with van der Waals surface area (Å²) in [7, 11) is 0. The van der Waals surface area contributed by atoms with Gasteiger partial charge in [-0.15, -0.1) is 11.3 Å². The third-order valence-electron chi connectivity index (χ3n) is 3.49. The summed E-state index contributed by atoms with van der Waals surface area (Å²) < 4.78 is 0. The average molecular weight is 302 g/mol. The van der Waals surface area contributed by atoms with Crippen molar-refractivity contribution in [2.75, 3.05) is 6.54 Å². The van der Waals surface area contributed by atoms with Gasteiger partial charge in [0.15, 0.2) is 0 Å². The van der Waals surface area contributed by atoms with Crippen molar-refractivity contribution in [2.45, 2.75) is 13.0 Å². The van der Waals surface area contributed by atoms with Gasteiger partial charge in [-0.1, -0.05) is 24.4 Å². The Morgan fingerprint density at radius 2 is 2.10 bits per heavy atom. The number of hydrogen-bond acceptors (Lipinski definition) is 3. The lowest BCUT2D eigenvalue weighted by molar-refractivity contribution is 0.0736. The Labute approximate surface area is 127 Å². The molecule has 3 rings (SSSR count). The molecule has 1 aromatic heterocycles. The maximum absolute atomic E-state index is 12.6. The molecule has 0 radical (unpaired) electrons. The molecule has 1 aliphatic heterocycles. The zero-order valence-electron chi connectivity index (χ0n) is 10.8. The second-order valence-electron chi connectivity index (χ2n) is 4.79. The van der Waals surface area contributed by atoms with Crippen LogP contribution in [0.5, 0.6) is 0 Å². The van der Waals surface area contributed by atoms with Crippen LogP contribution >= 0.6 is 23.6 Å². The van der Waals surface area contributed by atoms with Gasteiger partial charge in [0, 0.05) is 29.1 Å². The largest absolute Gasteiger partial charge is 0.389 e. The number of amides is 1. The fourth-order valence-electron chi connectivity index (χ4n) is 2.41. The molecule has 0 saturated heterocycles. The lowest BCUT2D eigenvalue weighted by Crippen LogP contribution is -2.35. The number of nitrogens with two attached hydrogens (primary N) is 1. The number of thiophene rings is 1. The monoisotopic (exact) mass is 302 g/mol. The van der Waals surface area contributed by atoms with E-state index in [1.807, 2.05) is 23.1 Å². The first-order valence-electron chi connectivity index (χ1n) is 6.39. The van der Waals surface area contributed by atoms with Gasteiger partial charge in [-0.3, -0.25) is 4.79 Å². The normalized spacial score (nSPS) is 13.9. The summed E-state index contributed by atoms with van der Waals surface area (Å²) in [6, 6.07) is 9.33. The fourth-order valence-corrected chi connectivity index (χ4v) is 3.43. The highest BCUT2D eigenvalue weighted by molar-refractivity contribution is 7.80. The van der Waals surface area contributed by atoms with Crippen molar-refractivity contribution >= 4 is 34.5 Å². The molecule has 0 aliphatic carbocycles. The van der Waals surface area contributed by atoms with Crippen LogP contribution < -0.4 is 5.73 Å². The van der Waals surface area contributed by atoms with Crippen LogP contribution in [-0.2, 0) is 13.0 Å². The quantitative estimate of drug-likeness (QED) is 0.867. The molecule has 102 valence electrons. The van der Waals surface area contributed by atoms with E-state index < -0.39 is 0 Å². The van der Waals surface area contributed by atoms with Gasteiger partial charge < -0.3 is 10.6 Å². The third-order valence-corrected chi connectivity index (χ3v) is 4.75. The smallest absolute Gasteiger partial charge is 0.254 e. The second kappa shape index (κ2) is 5.34. The predicted octanol–water partition coefficient (Wildman–Crippen LogP) is 2.58. The van der Waals surface area contributed by atoms with Gasteiger partial charge in [-0.25, -0.2) is 0 Å². The first kappa shape index (κ1) is 13.3. The molecular formula is C15H14N2OS2. The van der Waals surface area contributed by atoms with Crippen molar-refractivity contribution in [3.63, 3.8) is 0 Å². The average Bonchev–Trinajstić information content (AvgIpc) is 2.94. The van der Waals surface area contributed by atoms with Crippen LogP contribution in [0, 0.1) is 0 Å². The first-order chi connectivity index (χ1) is 9.65. The van der Waals surface area contributed by atoms with E-state index in [9.17, 15) is 4.79 Å². The summed E-state index contributed by atoms with van der Waals surface area (Å²) in [5, 5.41) is 2.09. The van der Waals surface area contributed by atoms with E-state index in [1.165, 1.54) is 10.4 Å². The Morgan fingerprint density at radius 1 is 1.30 bits per heavy atom. The number of fused-ring (bicyclic) bond motifs is 1. The van der Waals surface area contributed by atoms with Crippen LogP contribution in [0.2, 0.25) is 0 Å². The zero-order chi connectivity index (χ0) is 14.1. The van der Waals surface area contributed by atoms with E-state index in [0.717, 1.165) is 18.5 Å². The number of carbonyl (C=O) groups is 1. The summed E-state index contributed by atoms with van der Waals surface area (Å²) in [5.74, 6) is 0.0416. The van der Waals surface area contributed by atoms with Crippen molar-refractivity contribution in [2.24, 2.45) is 5.73 Å². The molecule has 20 heavy (non-hydrogen) atoms. The van der Waals surface area contributed by atoms with E-state index in [2.05, 4.69) is 11.4 Å². The summed E-state index contributed by atoms with van der Waals surface area (Å²) >= 11 is 6.73. The van der Waals surface area contributed by atoms with Gasteiger partial charge in [-0.2, -0.15) is 0 Å². The minimum atomic E-state index is 0.0416. The van der Waals surface area contributed by atoms with Crippen LogP contribution in [0.3, 0.4) is 0 Å². The zero-order valence-corrected chi connectivity index (χ0v) is 12.5. The molecule has 0 spiro atoms. The standard InChI is InChI=1S/C15H14N2OS2/c16-14(19)10-2-1-3-11(8-10)15(18)17-6-4-13-12(9-17)5-7-20-13/h1-3,5,7-8H,4,6,9H2,(H2,16,19). The molecule has 5 heteroatoms. The van der Waals surface area contributed by atoms with Crippen molar-refractivity contribution in [3.05, 3.63) is 57.3 Å². The van der Waals surface area contributed by atoms with E-state index in [-0.39, 0.29) is 5.91 Å². The molecule has 0 fully saturated rings. The number of rotatable bonds is 2. The highest BCUT2D eigenvalue weighted by atomic mass is 32.1. The molecule has 2 N–H and O–H groups in total. The minimum absolute atomic E-state index is 0.0416. The van der Waals surface area contributed by atoms with Crippen LogP contribution in [0.4, 0.5) is 0 Å². The number of nitrogens with zero attached hydrogens (tertiary/aromatic N) is 1. The Kier molecular flexibility index (Phi) is 3.54. The highest BCUT2D eigenvalue weighted by Crippen LogP contribution is 2.25. The number of thiocarbonyl (C=S) groups is 1. The Bertz CT molecular complexity index is 678. The molecule has 0 bridgehead atoms. The highest BCUT2D eigenvalue weighted by Gasteiger charge is 2.22. The molecule has 0 saturated carbocycles. The molecule has 1 aliphatic rings. The molecule has 0 unspecified atom stereocenters. The van der Waals surface area contributed by atoms with E-state index >= 15 is 0 Å². The lowest BCUT2D eigenvalue weighted by Gasteiger charge is -2.27. The lowest BCUT2D eigenvalue weighted by atomic mass is 10.1. The Balaban J connectivity index is 1.83. The SMILES string of the molecule is NC(=S)c1cccc(C(=O)N2CCc3sccc3C2)c1. The van der Waals surface area contributed by atoms with Crippen LogP contribution in [0.25, 0.3) is 0 Å². The maximum atomic E-state index is 12.6. The molecule has 1 aromatic carbocycles. The van der Waals surface area contributed by atoms with E-state index in [0.29, 0.717) is 17.1 Å². The van der Waals surface area contributed by atoms with Gasteiger partial charge >= 0.3 is 0 Å². The fraction of sp³-hybridized carbons (Fsp3) is 0.200. The third kappa shape index (κ3) is 2.46. The van der Waals surface area contributed by atoms with E-state index in [1.54, 1.807) is 17.4 Å². The van der Waals surface area contributed by atoms with Gasteiger partial charge in [0.2, 0.25) is 0 Å². The van der Waals surface area contributed by atoms with Crippen molar-refractivity contribution in [3.8, 4) is 0 Å². The predicted molar refractivity (Wildman–Crippen MR) is 85.1 cm³/mol. The first-order valence-corrected chi connectivity index (χ1v) is 7.68. The van der Waals surface area contributed by atoms with Gasteiger partial charge in [-0.05, 0) is 35.6 Å². The molecule has 2 aromatic rings.